The van der Waals surface area contributed by atoms with Crippen LogP contribution in [0.3, 0.4) is 0 Å². The van der Waals surface area contributed by atoms with Crippen LogP contribution in [0.2, 0.25) is 0 Å². The first-order valence-electron chi connectivity index (χ1n) is 5.26. The molecule has 0 bridgehead atoms. The van der Waals surface area contributed by atoms with E-state index in [0.29, 0.717) is 0 Å². The van der Waals surface area contributed by atoms with Crippen LogP contribution in [0, 0.1) is 6.92 Å². The molecule has 0 heterocycles. The Kier molecular flexibility index (Phi) is 8.69. The van der Waals surface area contributed by atoms with E-state index < -0.39 is 0 Å². The number of carbonyl (C=O) groups excluding carboxylic acids is 1. The highest BCUT2D eigenvalue weighted by Crippen LogP contribution is 2.02. The molecule has 15 heavy (non-hydrogen) atoms. The van der Waals surface area contributed by atoms with Crippen molar-refractivity contribution in [1.82, 2.24) is 0 Å². The van der Waals surface area contributed by atoms with Crippen molar-refractivity contribution in [3.63, 3.8) is 0 Å². The number of ether oxygens (including phenoxy) is 1. The predicted octanol–water partition coefficient (Wildman–Crippen LogP) is 3.24. The quantitative estimate of drug-likeness (QED) is 0.561. The summed E-state index contributed by atoms with van der Waals surface area (Å²) in [6.07, 6.45) is 3.29. The molecule has 0 aliphatic carbocycles. The van der Waals surface area contributed by atoms with E-state index in [1.165, 1.54) is 12.8 Å². The average molecular weight is 208 g/mol. The normalized spacial score (nSPS) is 9.00. The molecule has 2 heteroatoms. The van der Waals surface area contributed by atoms with Crippen LogP contribution in [0.1, 0.15) is 35.7 Å². The highest BCUT2D eigenvalue weighted by atomic mass is 16.5. The third kappa shape index (κ3) is 6.86. The second-order valence-electron chi connectivity index (χ2n) is 3.32. The molecule has 2 nitrogen and oxygen atoms in total. The molecule has 0 saturated heterocycles. The first-order valence-corrected chi connectivity index (χ1v) is 5.26. The van der Waals surface area contributed by atoms with Gasteiger partial charge in [0.1, 0.15) is 6.29 Å². The van der Waals surface area contributed by atoms with Crippen molar-refractivity contribution < 1.29 is 9.53 Å². The molecule has 0 unspecified atom stereocenters. The Bertz CT molecular complexity index is 265. The van der Waals surface area contributed by atoms with Gasteiger partial charge in [0, 0.05) is 19.3 Å². The van der Waals surface area contributed by atoms with E-state index in [1.807, 2.05) is 31.2 Å². The van der Waals surface area contributed by atoms with Gasteiger partial charge in [-0.3, -0.25) is 4.79 Å². The maximum Gasteiger partial charge on any atom is 0.150 e. The largest absolute Gasteiger partial charge is 0.385 e. The molecular weight excluding hydrogens is 188 g/mol. The number of hydrogen-bond acceptors (Lipinski definition) is 2. The molecule has 84 valence electrons. The molecule has 0 fully saturated rings. The van der Waals surface area contributed by atoms with E-state index in [4.69, 9.17) is 4.74 Å². The summed E-state index contributed by atoms with van der Waals surface area (Å²) in [6, 6.07) is 7.51. The first-order chi connectivity index (χ1) is 7.26. The lowest BCUT2D eigenvalue weighted by atomic mass is 10.1. The lowest BCUT2D eigenvalue weighted by molar-refractivity contribution is 0.112. The molecule has 1 aromatic carbocycles. The zero-order chi connectivity index (χ0) is 11.5. The fraction of sp³-hybridized carbons (Fsp3) is 0.462. The minimum atomic E-state index is 0.775. The van der Waals surface area contributed by atoms with Crippen LogP contribution in [-0.2, 0) is 4.74 Å². The number of aldehydes is 1. The van der Waals surface area contributed by atoms with Crippen molar-refractivity contribution in [3.8, 4) is 0 Å². The summed E-state index contributed by atoms with van der Waals surface area (Å²) in [5.41, 5.74) is 1.81. The number of aryl methyl sites for hydroxylation is 1. The van der Waals surface area contributed by atoms with E-state index in [1.54, 1.807) is 7.11 Å². The monoisotopic (exact) mass is 208 g/mol. The second kappa shape index (κ2) is 9.41. The van der Waals surface area contributed by atoms with Crippen LogP contribution in [-0.4, -0.2) is 20.0 Å². The molecule has 0 saturated carbocycles. The van der Waals surface area contributed by atoms with E-state index in [9.17, 15) is 4.79 Å². The predicted molar refractivity (Wildman–Crippen MR) is 63.4 cm³/mol. The van der Waals surface area contributed by atoms with Gasteiger partial charge in [-0.15, -0.1) is 0 Å². The average Bonchev–Trinajstić information content (AvgIpc) is 2.28. The van der Waals surface area contributed by atoms with Crippen molar-refractivity contribution in [2.75, 3.05) is 13.7 Å². The zero-order valence-corrected chi connectivity index (χ0v) is 9.82. The Hall–Kier alpha value is -1.15. The molecule has 0 aromatic heterocycles. The van der Waals surface area contributed by atoms with Crippen molar-refractivity contribution in [1.29, 1.82) is 0 Å². The Morgan fingerprint density at radius 3 is 2.33 bits per heavy atom. The van der Waals surface area contributed by atoms with Gasteiger partial charge in [-0.2, -0.15) is 0 Å². The molecule has 0 spiro atoms. The molecule has 0 radical (unpaired) electrons. The Morgan fingerprint density at radius 2 is 2.00 bits per heavy atom. The van der Waals surface area contributed by atoms with Crippen molar-refractivity contribution in [2.45, 2.75) is 26.7 Å². The first kappa shape index (κ1) is 13.8. The number of methoxy groups -OCH3 is 1. The summed E-state index contributed by atoms with van der Waals surface area (Å²) in [7, 11) is 1.73. The van der Waals surface area contributed by atoms with Gasteiger partial charge in [0.25, 0.3) is 0 Å². The number of unbranched alkanes of at least 4 members (excludes halogenated alkanes) is 1. The minimum absolute atomic E-state index is 0.775. The molecule has 1 aromatic rings. The van der Waals surface area contributed by atoms with E-state index >= 15 is 0 Å². The van der Waals surface area contributed by atoms with E-state index in [-0.39, 0.29) is 0 Å². The number of carbonyl (C=O) groups is 1. The summed E-state index contributed by atoms with van der Waals surface area (Å²) >= 11 is 0. The second-order valence-corrected chi connectivity index (χ2v) is 3.32. The number of rotatable bonds is 4. The maximum atomic E-state index is 10.2. The van der Waals surface area contributed by atoms with Gasteiger partial charge in [-0.1, -0.05) is 37.6 Å². The Morgan fingerprint density at radius 1 is 1.33 bits per heavy atom. The molecular formula is C13H20O2. The molecule has 0 amide bonds. The SMILES string of the molecule is CCCCOC.Cc1ccccc1C=O. The molecule has 0 aliphatic heterocycles. The van der Waals surface area contributed by atoms with Gasteiger partial charge in [0.05, 0.1) is 0 Å². The zero-order valence-electron chi connectivity index (χ0n) is 9.82. The van der Waals surface area contributed by atoms with E-state index in [2.05, 4.69) is 6.92 Å². The third-order valence-corrected chi connectivity index (χ3v) is 2.02. The van der Waals surface area contributed by atoms with E-state index in [0.717, 1.165) is 24.0 Å². The van der Waals surface area contributed by atoms with Crippen LogP contribution in [0.5, 0.6) is 0 Å². The minimum Gasteiger partial charge on any atom is -0.385 e. The fourth-order valence-electron chi connectivity index (χ4n) is 1.01. The van der Waals surface area contributed by atoms with Gasteiger partial charge >= 0.3 is 0 Å². The van der Waals surface area contributed by atoms with Gasteiger partial charge in [-0.25, -0.2) is 0 Å². The Balaban J connectivity index is 0.000000288. The lowest BCUT2D eigenvalue weighted by Crippen LogP contribution is -1.84. The summed E-state index contributed by atoms with van der Waals surface area (Å²) in [6.45, 7) is 4.99. The Labute approximate surface area is 92.3 Å². The molecule has 0 N–H and O–H groups in total. The molecule has 0 aliphatic rings. The van der Waals surface area contributed by atoms with Crippen LogP contribution < -0.4 is 0 Å². The lowest BCUT2D eigenvalue weighted by Gasteiger charge is -1.92. The van der Waals surface area contributed by atoms with Crippen molar-refractivity contribution in [2.24, 2.45) is 0 Å². The third-order valence-electron chi connectivity index (χ3n) is 2.02. The van der Waals surface area contributed by atoms with Crippen LogP contribution in [0.15, 0.2) is 24.3 Å². The highest BCUT2D eigenvalue weighted by molar-refractivity contribution is 5.76. The summed E-state index contributed by atoms with van der Waals surface area (Å²) in [5, 5.41) is 0. The van der Waals surface area contributed by atoms with Gasteiger partial charge in [0.15, 0.2) is 0 Å². The summed E-state index contributed by atoms with van der Waals surface area (Å²) in [4.78, 5) is 10.2. The van der Waals surface area contributed by atoms with Crippen LogP contribution in [0.4, 0.5) is 0 Å². The highest BCUT2D eigenvalue weighted by Gasteiger charge is 1.90. The number of hydrogen-bond donors (Lipinski definition) is 0. The van der Waals surface area contributed by atoms with Gasteiger partial charge in [0.2, 0.25) is 0 Å². The molecule has 0 atom stereocenters. The number of benzene rings is 1. The maximum absolute atomic E-state index is 10.2. The van der Waals surface area contributed by atoms with Crippen molar-refractivity contribution in [3.05, 3.63) is 35.4 Å². The standard InChI is InChI=1S/C8H8O.C5H12O/c1-7-4-2-3-5-8(7)6-9;1-3-4-5-6-2/h2-6H,1H3;3-5H2,1-2H3. The topological polar surface area (TPSA) is 26.3 Å². The molecule has 1 rings (SSSR count). The van der Waals surface area contributed by atoms with Gasteiger partial charge in [-0.05, 0) is 18.9 Å². The summed E-state index contributed by atoms with van der Waals surface area (Å²) < 4.78 is 4.78. The smallest absolute Gasteiger partial charge is 0.150 e. The summed E-state index contributed by atoms with van der Waals surface area (Å²) in [5.74, 6) is 0. The van der Waals surface area contributed by atoms with Crippen LogP contribution >= 0.6 is 0 Å². The fourth-order valence-corrected chi connectivity index (χ4v) is 1.01. The van der Waals surface area contributed by atoms with Crippen LogP contribution in [0.25, 0.3) is 0 Å². The van der Waals surface area contributed by atoms with Gasteiger partial charge < -0.3 is 4.74 Å². The van der Waals surface area contributed by atoms with Crippen molar-refractivity contribution >= 4 is 6.29 Å².